The molecule has 2 aromatic carbocycles. The Morgan fingerprint density at radius 2 is 1.10 bits per heavy atom. The second-order valence-corrected chi connectivity index (χ2v) is 10.1. The first-order chi connectivity index (χ1) is 14.4. The second-order valence-electron chi connectivity index (χ2n) is 6.02. The van der Waals surface area contributed by atoms with E-state index < -0.39 is 11.3 Å². The summed E-state index contributed by atoms with van der Waals surface area (Å²) >= 11 is 6.83. The Morgan fingerprint density at radius 3 is 1.47 bits per heavy atom. The lowest BCUT2D eigenvalue weighted by Crippen LogP contribution is -2.03. The average molecular weight is 572 g/mol. The van der Waals surface area contributed by atoms with Gasteiger partial charge in [0.05, 0.1) is 14.2 Å². The summed E-state index contributed by atoms with van der Waals surface area (Å²) in [7, 11) is 5.26. The Balaban J connectivity index is 1.71. The van der Waals surface area contributed by atoms with Crippen LogP contribution in [0.1, 0.15) is 0 Å². The van der Waals surface area contributed by atoms with Crippen molar-refractivity contribution in [1.29, 1.82) is 0 Å². The number of rotatable bonds is 5. The molecule has 0 N–H and O–H groups in total. The van der Waals surface area contributed by atoms with Crippen LogP contribution in [0.15, 0.2) is 73.6 Å². The van der Waals surface area contributed by atoms with Crippen molar-refractivity contribution >= 4 is 75.4 Å². The fraction of sp³-hybridized carbons (Fsp3) is 0.100. The van der Waals surface area contributed by atoms with Crippen LogP contribution in [0.3, 0.4) is 0 Å². The van der Waals surface area contributed by atoms with Gasteiger partial charge in [-0.05, 0) is 58.0 Å². The topological polar surface area (TPSA) is 78.9 Å². The number of fused-ring (bicyclic) bond motifs is 2. The zero-order valence-corrected chi connectivity index (χ0v) is 20.3. The molecule has 4 aromatic rings. The molecular formula is C20H12Br2O6S2. The molecule has 0 radical (unpaired) electrons. The first-order valence-corrected chi connectivity index (χ1v) is 12.1. The molecule has 2 heterocycles. The third kappa shape index (κ3) is 4.14. The molecule has 0 aliphatic carbocycles. The van der Waals surface area contributed by atoms with Gasteiger partial charge in [0.2, 0.25) is 0 Å². The molecule has 0 saturated heterocycles. The highest BCUT2D eigenvalue weighted by molar-refractivity contribution is 9.10. The van der Waals surface area contributed by atoms with Crippen LogP contribution in [0.5, 0.6) is 11.5 Å². The van der Waals surface area contributed by atoms with Crippen LogP contribution >= 0.6 is 53.4 Å². The smallest absolute Gasteiger partial charge is 0.351 e. The quantitative estimate of drug-likeness (QED) is 0.206. The molecule has 30 heavy (non-hydrogen) atoms. The zero-order chi connectivity index (χ0) is 21.4. The van der Waals surface area contributed by atoms with Crippen LogP contribution in [-0.2, 0) is 0 Å². The molecule has 0 spiro atoms. The Morgan fingerprint density at radius 1 is 0.700 bits per heavy atom. The maximum Gasteiger partial charge on any atom is 0.351 e. The predicted molar refractivity (Wildman–Crippen MR) is 125 cm³/mol. The van der Waals surface area contributed by atoms with Gasteiger partial charge >= 0.3 is 11.3 Å². The largest absolute Gasteiger partial charge is 0.493 e. The standard InChI is InChI=1S/C20H12Br2O6S2/c1-25-13-7-11(21)3-9-5-15(19(23)27-17(9)13)29-30-16-6-10-4-12(22)8-14(26-2)18(10)28-20(16)24/h3-8H,1-2H3. The summed E-state index contributed by atoms with van der Waals surface area (Å²) in [5, 5.41) is 1.39. The second kappa shape index (κ2) is 8.70. The van der Waals surface area contributed by atoms with E-state index in [1.165, 1.54) is 14.2 Å². The summed E-state index contributed by atoms with van der Waals surface area (Å²) in [5.74, 6) is 0.908. The zero-order valence-electron chi connectivity index (χ0n) is 15.5. The lowest BCUT2D eigenvalue weighted by molar-refractivity contribution is 0.405. The number of halogens is 2. The number of methoxy groups -OCH3 is 2. The Labute approximate surface area is 194 Å². The van der Waals surface area contributed by atoms with Crippen molar-refractivity contribution in [3.05, 3.63) is 66.2 Å². The van der Waals surface area contributed by atoms with E-state index in [1.54, 1.807) is 24.3 Å². The molecule has 0 fully saturated rings. The van der Waals surface area contributed by atoms with Crippen LogP contribution in [0.2, 0.25) is 0 Å². The van der Waals surface area contributed by atoms with Gasteiger partial charge in [-0.15, -0.1) is 0 Å². The van der Waals surface area contributed by atoms with Crippen LogP contribution in [0.25, 0.3) is 21.9 Å². The van der Waals surface area contributed by atoms with Crippen LogP contribution in [0, 0.1) is 0 Å². The molecule has 6 nitrogen and oxygen atoms in total. The molecule has 0 unspecified atom stereocenters. The Kier molecular flexibility index (Phi) is 6.19. The third-order valence-electron chi connectivity index (χ3n) is 4.12. The van der Waals surface area contributed by atoms with E-state index >= 15 is 0 Å². The molecule has 0 saturated carbocycles. The maximum absolute atomic E-state index is 12.4. The summed E-state index contributed by atoms with van der Waals surface area (Å²) < 4.78 is 23.0. The first kappa shape index (κ1) is 21.4. The summed E-state index contributed by atoms with van der Waals surface area (Å²) in [6.07, 6.45) is 0. The highest BCUT2D eigenvalue weighted by atomic mass is 79.9. The Bertz CT molecular complexity index is 1290. The highest BCUT2D eigenvalue weighted by Gasteiger charge is 2.15. The summed E-state index contributed by atoms with van der Waals surface area (Å²) in [4.78, 5) is 25.6. The van der Waals surface area contributed by atoms with Crippen LogP contribution < -0.4 is 20.7 Å². The van der Waals surface area contributed by atoms with Gasteiger partial charge in [0, 0.05) is 19.7 Å². The Hall–Kier alpha value is -1.88. The van der Waals surface area contributed by atoms with E-state index in [0.717, 1.165) is 30.5 Å². The van der Waals surface area contributed by atoms with Gasteiger partial charge in [0.15, 0.2) is 22.7 Å². The number of hydrogen-bond donors (Lipinski definition) is 0. The maximum atomic E-state index is 12.4. The van der Waals surface area contributed by atoms with E-state index in [0.29, 0.717) is 43.2 Å². The highest BCUT2D eigenvalue weighted by Crippen LogP contribution is 2.39. The molecule has 154 valence electrons. The van der Waals surface area contributed by atoms with Crippen molar-refractivity contribution in [3.8, 4) is 11.5 Å². The number of hydrogen-bond acceptors (Lipinski definition) is 8. The molecule has 0 bridgehead atoms. The average Bonchev–Trinajstić information content (AvgIpc) is 2.71. The van der Waals surface area contributed by atoms with Crippen molar-refractivity contribution in [1.82, 2.24) is 0 Å². The van der Waals surface area contributed by atoms with E-state index in [9.17, 15) is 9.59 Å². The van der Waals surface area contributed by atoms with Crippen molar-refractivity contribution in [2.75, 3.05) is 14.2 Å². The minimum Gasteiger partial charge on any atom is -0.493 e. The lowest BCUT2D eigenvalue weighted by atomic mass is 10.2. The van der Waals surface area contributed by atoms with Gasteiger partial charge in [-0.2, -0.15) is 0 Å². The molecule has 4 rings (SSSR count). The minimum absolute atomic E-state index is 0.346. The van der Waals surface area contributed by atoms with Gasteiger partial charge in [0.1, 0.15) is 9.79 Å². The number of ether oxygens (including phenoxy) is 2. The van der Waals surface area contributed by atoms with Gasteiger partial charge in [-0.3, -0.25) is 0 Å². The van der Waals surface area contributed by atoms with E-state index in [2.05, 4.69) is 31.9 Å². The first-order valence-electron chi connectivity index (χ1n) is 8.37. The predicted octanol–water partition coefficient (Wildman–Crippen LogP) is 6.24. The fourth-order valence-corrected chi connectivity index (χ4v) is 5.70. The molecule has 0 amide bonds. The number of benzene rings is 2. The van der Waals surface area contributed by atoms with Gasteiger partial charge in [-0.1, -0.05) is 31.9 Å². The van der Waals surface area contributed by atoms with E-state index in [1.807, 2.05) is 12.1 Å². The molecule has 0 atom stereocenters. The summed E-state index contributed by atoms with van der Waals surface area (Å²) in [6, 6.07) is 10.5. The van der Waals surface area contributed by atoms with Crippen molar-refractivity contribution in [2.24, 2.45) is 0 Å². The normalized spacial score (nSPS) is 11.2. The van der Waals surface area contributed by atoms with E-state index in [-0.39, 0.29) is 0 Å². The monoisotopic (exact) mass is 570 g/mol. The summed E-state index contributed by atoms with van der Waals surface area (Å²) in [6.45, 7) is 0. The van der Waals surface area contributed by atoms with Gasteiger partial charge in [-0.25, -0.2) is 9.59 Å². The van der Waals surface area contributed by atoms with Gasteiger partial charge < -0.3 is 18.3 Å². The fourth-order valence-electron chi connectivity index (χ4n) is 2.81. The molecular weight excluding hydrogens is 560 g/mol. The third-order valence-corrected chi connectivity index (χ3v) is 7.38. The lowest BCUT2D eigenvalue weighted by Gasteiger charge is -2.07. The SMILES string of the molecule is COc1cc(Br)cc2cc(SSc3cc4cc(Br)cc(OC)c4oc3=O)c(=O)oc12. The molecule has 10 heteroatoms. The van der Waals surface area contributed by atoms with Crippen molar-refractivity contribution in [2.45, 2.75) is 9.79 Å². The van der Waals surface area contributed by atoms with Crippen molar-refractivity contribution < 1.29 is 18.3 Å². The van der Waals surface area contributed by atoms with Crippen LogP contribution in [-0.4, -0.2) is 14.2 Å². The van der Waals surface area contributed by atoms with Gasteiger partial charge in [0.25, 0.3) is 0 Å². The van der Waals surface area contributed by atoms with Crippen LogP contribution in [0.4, 0.5) is 0 Å². The minimum atomic E-state index is -0.518. The van der Waals surface area contributed by atoms with E-state index in [4.69, 9.17) is 18.3 Å². The molecule has 0 aliphatic rings. The molecule has 2 aromatic heterocycles. The van der Waals surface area contributed by atoms with Crippen molar-refractivity contribution in [3.63, 3.8) is 0 Å². The molecule has 0 aliphatic heterocycles. The summed E-state index contributed by atoms with van der Waals surface area (Å²) in [5.41, 5.74) is -0.310.